The van der Waals surface area contributed by atoms with Crippen LogP contribution >= 0.6 is 0 Å². The molecule has 0 radical (unpaired) electrons. The van der Waals surface area contributed by atoms with E-state index in [0.29, 0.717) is 11.8 Å². The van der Waals surface area contributed by atoms with E-state index in [2.05, 4.69) is 10.2 Å². The Labute approximate surface area is 100 Å². The molecule has 2 aromatic rings. The Hall–Kier alpha value is -1.98. The number of benzene rings is 1. The van der Waals surface area contributed by atoms with Gasteiger partial charge in [-0.1, -0.05) is 0 Å². The van der Waals surface area contributed by atoms with Crippen LogP contribution in [0.5, 0.6) is 0 Å². The SMILES string of the molecule is Cc1ccc(-c2ccc(F)cc2C(F)(F)F)nn1. The maximum absolute atomic E-state index is 12.9. The Bertz CT molecular complexity index is 561. The maximum atomic E-state index is 12.9. The molecule has 0 bridgehead atoms. The zero-order chi connectivity index (χ0) is 13.3. The fourth-order valence-electron chi connectivity index (χ4n) is 1.52. The van der Waals surface area contributed by atoms with E-state index in [9.17, 15) is 17.6 Å². The van der Waals surface area contributed by atoms with Crippen LogP contribution in [0.25, 0.3) is 11.3 Å². The average molecular weight is 256 g/mol. The van der Waals surface area contributed by atoms with Crippen molar-refractivity contribution in [2.75, 3.05) is 0 Å². The van der Waals surface area contributed by atoms with Crippen LogP contribution in [0, 0.1) is 12.7 Å². The second-order valence-corrected chi connectivity index (χ2v) is 3.75. The second kappa shape index (κ2) is 4.36. The Kier molecular flexibility index (Phi) is 3.02. The first kappa shape index (κ1) is 12.5. The lowest BCUT2D eigenvalue weighted by Crippen LogP contribution is -2.08. The van der Waals surface area contributed by atoms with E-state index in [0.717, 1.165) is 12.1 Å². The molecule has 2 rings (SSSR count). The molecule has 6 heteroatoms. The number of aryl methyl sites for hydroxylation is 1. The minimum absolute atomic E-state index is 0.0629. The third-order valence-corrected chi connectivity index (χ3v) is 2.36. The zero-order valence-electron chi connectivity index (χ0n) is 9.29. The van der Waals surface area contributed by atoms with Crippen LogP contribution in [0.2, 0.25) is 0 Å². The number of rotatable bonds is 1. The zero-order valence-corrected chi connectivity index (χ0v) is 9.29. The molecule has 0 N–H and O–H groups in total. The monoisotopic (exact) mass is 256 g/mol. The molecule has 0 aliphatic carbocycles. The van der Waals surface area contributed by atoms with Crippen LogP contribution in [0.4, 0.5) is 17.6 Å². The average Bonchev–Trinajstić information content (AvgIpc) is 2.29. The van der Waals surface area contributed by atoms with Crippen molar-refractivity contribution in [3.05, 3.63) is 47.4 Å². The second-order valence-electron chi connectivity index (χ2n) is 3.75. The smallest absolute Gasteiger partial charge is 0.207 e. The van der Waals surface area contributed by atoms with Crippen molar-refractivity contribution < 1.29 is 17.6 Å². The molecule has 2 nitrogen and oxygen atoms in total. The van der Waals surface area contributed by atoms with Gasteiger partial charge in [0.2, 0.25) is 0 Å². The van der Waals surface area contributed by atoms with E-state index in [4.69, 9.17) is 0 Å². The topological polar surface area (TPSA) is 25.8 Å². The molecule has 0 atom stereocenters. The molecule has 0 amide bonds. The van der Waals surface area contributed by atoms with Gasteiger partial charge < -0.3 is 0 Å². The van der Waals surface area contributed by atoms with Crippen molar-refractivity contribution >= 4 is 0 Å². The molecule has 0 aliphatic rings. The molecular formula is C12H8F4N2. The molecule has 0 unspecified atom stereocenters. The van der Waals surface area contributed by atoms with Crippen LogP contribution in [0.15, 0.2) is 30.3 Å². The highest BCUT2D eigenvalue weighted by Gasteiger charge is 2.34. The summed E-state index contributed by atoms with van der Waals surface area (Å²) in [6.45, 7) is 1.67. The third-order valence-electron chi connectivity index (χ3n) is 2.36. The van der Waals surface area contributed by atoms with Crippen molar-refractivity contribution in [1.82, 2.24) is 10.2 Å². The minimum Gasteiger partial charge on any atom is -0.207 e. The van der Waals surface area contributed by atoms with Gasteiger partial charge in [0, 0.05) is 5.56 Å². The number of nitrogens with zero attached hydrogens (tertiary/aromatic N) is 2. The highest BCUT2D eigenvalue weighted by atomic mass is 19.4. The van der Waals surface area contributed by atoms with Gasteiger partial charge in [0.15, 0.2) is 0 Å². The molecule has 94 valence electrons. The van der Waals surface area contributed by atoms with E-state index >= 15 is 0 Å². The van der Waals surface area contributed by atoms with Crippen LogP contribution < -0.4 is 0 Å². The molecule has 0 saturated carbocycles. The van der Waals surface area contributed by atoms with Gasteiger partial charge in [-0.05, 0) is 37.3 Å². The van der Waals surface area contributed by atoms with Crippen molar-refractivity contribution in [1.29, 1.82) is 0 Å². The third kappa shape index (κ3) is 2.47. The normalized spacial score (nSPS) is 11.6. The lowest BCUT2D eigenvalue weighted by molar-refractivity contribution is -0.137. The van der Waals surface area contributed by atoms with Gasteiger partial charge in [-0.3, -0.25) is 0 Å². The van der Waals surface area contributed by atoms with Crippen molar-refractivity contribution in [2.24, 2.45) is 0 Å². The van der Waals surface area contributed by atoms with E-state index < -0.39 is 17.6 Å². The quantitative estimate of drug-likeness (QED) is 0.728. The summed E-state index contributed by atoms with van der Waals surface area (Å²) in [7, 11) is 0. The Balaban J connectivity index is 2.60. The summed E-state index contributed by atoms with van der Waals surface area (Å²) in [5.41, 5.74) is -0.584. The van der Waals surface area contributed by atoms with E-state index in [-0.39, 0.29) is 11.3 Å². The van der Waals surface area contributed by atoms with E-state index in [1.807, 2.05) is 0 Å². The molecule has 1 aromatic heterocycles. The van der Waals surface area contributed by atoms with Gasteiger partial charge in [0.25, 0.3) is 0 Å². The fourth-order valence-corrected chi connectivity index (χ4v) is 1.52. The number of halogens is 4. The van der Waals surface area contributed by atoms with Crippen molar-refractivity contribution in [2.45, 2.75) is 13.1 Å². The van der Waals surface area contributed by atoms with Crippen LogP contribution in [-0.4, -0.2) is 10.2 Å². The molecule has 0 spiro atoms. The Morgan fingerprint density at radius 2 is 1.72 bits per heavy atom. The lowest BCUT2D eigenvalue weighted by Gasteiger charge is -2.12. The van der Waals surface area contributed by atoms with Crippen LogP contribution in [0.3, 0.4) is 0 Å². The lowest BCUT2D eigenvalue weighted by atomic mass is 10.0. The molecular weight excluding hydrogens is 248 g/mol. The van der Waals surface area contributed by atoms with E-state index in [1.165, 1.54) is 6.07 Å². The summed E-state index contributed by atoms with van der Waals surface area (Å²) >= 11 is 0. The first-order valence-corrected chi connectivity index (χ1v) is 5.05. The number of hydrogen-bond donors (Lipinski definition) is 0. The summed E-state index contributed by atoms with van der Waals surface area (Å²) < 4.78 is 51.3. The molecule has 0 fully saturated rings. The van der Waals surface area contributed by atoms with Crippen LogP contribution in [0.1, 0.15) is 11.3 Å². The van der Waals surface area contributed by atoms with Gasteiger partial charge in [-0.2, -0.15) is 23.4 Å². The molecule has 1 heterocycles. The predicted octanol–water partition coefficient (Wildman–Crippen LogP) is 3.61. The van der Waals surface area contributed by atoms with Crippen molar-refractivity contribution in [3.63, 3.8) is 0 Å². The van der Waals surface area contributed by atoms with Crippen LogP contribution in [-0.2, 0) is 6.18 Å². The van der Waals surface area contributed by atoms with Gasteiger partial charge >= 0.3 is 6.18 Å². The summed E-state index contributed by atoms with van der Waals surface area (Å²) in [5, 5.41) is 7.37. The summed E-state index contributed by atoms with van der Waals surface area (Å²) in [6.07, 6.45) is -4.63. The number of hydrogen-bond acceptors (Lipinski definition) is 2. The summed E-state index contributed by atoms with van der Waals surface area (Å²) in [4.78, 5) is 0. The first-order valence-electron chi connectivity index (χ1n) is 5.05. The number of aromatic nitrogens is 2. The van der Waals surface area contributed by atoms with Gasteiger partial charge in [0.05, 0.1) is 17.0 Å². The van der Waals surface area contributed by atoms with Gasteiger partial charge in [-0.15, -0.1) is 0 Å². The predicted molar refractivity (Wildman–Crippen MR) is 57.2 cm³/mol. The molecule has 18 heavy (non-hydrogen) atoms. The number of alkyl halides is 3. The Morgan fingerprint density at radius 3 is 2.28 bits per heavy atom. The van der Waals surface area contributed by atoms with Gasteiger partial charge in [-0.25, -0.2) is 4.39 Å². The summed E-state index contributed by atoms with van der Waals surface area (Å²) in [6, 6.07) is 5.44. The van der Waals surface area contributed by atoms with E-state index in [1.54, 1.807) is 13.0 Å². The standard InChI is InChI=1S/C12H8F4N2/c1-7-2-5-11(18-17-7)9-4-3-8(13)6-10(9)12(14,15)16/h2-6H,1H3. The van der Waals surface area contributed by atoms with Gasteiger partial charge in [0.1, 0.15) is 5.82 Å². The first-order chi connectivity index (χ1) is 8.38. The molecule has 0 aliphatic heterocycles. The minimum atomic E-state index is -4.63. The maximum Gasteiger partial charge on any atom is 0.417 e. The summed E-state index contributed by atoms with van der Waals surface area (Å²) in [5.74, 6) is -0.939. The molecule has 0 saturated heterocycles. The molecule has 1 aromatic carbocycles. The van der Waals surface area contributed by atoms with Crippen molar-refractivity contribution in [3.8, 4) is 11.3 Å². The Morgan fingerprint density at radius 1 is 1.00 bits per heavy atom. The highest BCUT2D eigenvalue weighted by Crippen LogP contribution is 2.36. The highest BCUT2D eigenvalue weighted by molar-refractivity contribution is 5.64. The largest absolute Gasteiger partial charge is 0.417 e. The fraction of sp³-hybridized carbons (Fsp3) is 0.167.